The summed E-state index contributed by atoms with van der Waals surface area (Å²) in [4.78, 5) is 41.2. The predicted molar refractivity (Wildman–Crippen MR) is 116 cm³/mol. The highest BCUT2D eigenvalue weighted by molar-refractivity contribution is 6.14. The molecule has 1 atom stereocenters. The van der Waals surface area contributed by atoms with Crippen LogP contribution >= 0.6 is 0 Å². The molecule has 172 valence electrons. The smallest absolute Gasteiger partial charge is 0.333 e. The van der Waals surface area contributed by atoms with Gasteiger partial charge >= 0.3 is 11.9 Å². The van der Waals surface area contributed by atoms with Crippen LogP contribution in [0.25, 0.3) is 0 Å². The minimum atomic E-state index is -1.04. The van der Waals surface area contributed by atoms with Crippen molar-refractivity contribution in [2.45, 2.75) is 25.8 Å². The van der Waals surface area contributed by atoms with E-state index in [0.29, 0.717) is 24.5 Å². The maximum atomic E-state index is 15.0. The lowest BCUT2D eigenvalue weighted by molar-refractivity contribution is -0.152. The van der Waals surface area contributed by atoms with Crippen LogP contribution in [0.4, 0.5) is 15.8 Å². The fourth-order valence-corrected chi connectivity index (χ4v) is 4.11. The number of piperazine rings is 1. The number of Topliss-reactive ketones (excluding diaryl/α,β-unsaturated/α-hetero) is 1. The zero-order chi connectivity index (χ0) is 22.8. The fourth-order valence-electron chi connectivity index (χ4n) is 4.11. The first-order valence-corrected chi connectivity index (χ1v) is 11.0. The second-order valence-corrected chi connectivity index (χ2v) is 8.44. The van der Waals surface area contributed by atoms with Gasteiger partial charge in [-0.3, -0.25) is 9.59 Å². The van der Waals surface area contributed by atoms with Crippen molar-refractivity contribution in [3.8, 4) is 0 Å². The summed E-state index contributed by atoms with van der Waals surface area (Å²) in [7, 11) is 0. The molecular formula is C23H28FN3O5. The molecule has 8 nitrogen and oxygen atoms in total. The lowest BCUT2D eigenvalue weighted by atomic mass is 9.90. The van der Waals surface area contributed by atoms with Crippen LogP contribution in [0.5, 0.6) is 0 Å². The molecule has 4 rings (SSSR count). The third kappa shape index (κ3) is 4.62. The minimum Gasteiger partial charge on any atom is -0.461 e. The van der Waals surface area contributed by atoms with E-state index in [9.17, 15) is 18.8 Å². The molecule has 1 aromatic carbocycles. The van der Waals surface area contributed by atoms with Gasteiger partial charge in [0.1, 0.15) is 24.9 Å². The monoisotopic (exact) mass is 445 g/mol. The highest BCUT2D eigenvalue weighted by Gasteiger charge is 2.43. The molecule has 1 aliphatic carbocycles. The Balaban J connectivity index is 1.50. The SMILES string of the molecule is C=C(C)C(=O)OCCOC(=O)C1CN(C2CC2)c2cc(N3CCNCC3)c(F)cc2C1=O. The second-order valence-electron chi connectivity index (χ2n) is 8.44. The van der Waals surface area contributed by atoms with Crippen LogP contribution in [0.1, 0.15) is 30.1 Å². The van der Waals surface area contributed by atoms with E-state index in [-0.39, 0.29) is 36.9 Å². The number of halogens is 1. The predicted octanol–water partition coefficient (Wildman–Crippen LogP) is 1.68. The normalized spacial score (nSPS) is 20.6. The molecule has 32 heavy (non-hydrogen) atoms. The molecule has 2 heterocycles. The number of hydrogen-bond acceptors (Lipinski definition) is 8. The van der Waals surface area contributed by atoms with Gasteiger partial charge in [0.2, 0.25) is 0 Å². The van der Waals surface area contributed by atoms with E-state index in [0.717, 1.165) is 25.9 Å². The van der Waals surface area contributed by atoms with Gasteiger partial charge in [0, 0.05) is 49.9 Å². The lowest BCUT2D eigenvalue weighted by Crippen LogP contribution is -2.46. The summed E-state index contributed by atoms with van der Waals surface area (Å²) >= 11 is 0. The highest BCUT2D eigenvalue weighted by Crippen LogP contribution is 2.41. The van der Waals surface area contributed by atoms with Crippen LogP contribution in [-0.2, 0) is 19.1 Å². The van der Waals surface area contributed by atoms with Gasteiger partial charge in [0.15, 0.2) is 5.78 Å². The summed E-state index contributed by atoms with van der Waals surface area (Å²) in [6.45, 7) is 7.86. The molecule has 1 aromatic rings. The zero-order valence-corrected chi connectivity index (χ0v) is 18.2. The highest BCUT2D eigenvalue weighted by atomic mass is 19.1. The number of rotatable bonds is 7. The van der Waals surface area contributed by atoms with Crippen molar-refractivity contribution >= 4 is 29.1 Å². The summed E-state index contributed by atoms with van der Waals surface area (Å²) in [6, 6.07) is 3.25. The molecule has 9 heteroatoms. The molecule has 0 aromatic heterocycles. The summed E-state index contributed by atoms with van der Waals surface area (Å²) < 4.78 is 25.1. The van der Waals surface area contributed by atoms with Crippen molar-refractivity contribution in [2.24, 2.45) is 5.92 Å². The molecule has 1 unspecified atom stereocenters. The maximum absolute atomic E-state index is 15.0. The Bertz CT molecular complexity index is 940. The minimum absolute atomic E-state index is 0.121. The Labute approximate surface area is 186 Å². The van der Waals surface area contributed by atoms with Gasteiger partial charge < -0.3 is 24.6 Å². The van der Waals surface area contributed by atoms with Gasteiger partial charge in [-0.2, -0.15) is 0 Å². The van der Waals surface area contributed by atoms with Gasteiger partial charge in [-0.15, -0.1) is 0 Å². The summed E-state index contributed by atoms with van der Waals surface area (Å²) in [6.07, 6.45) is 1.93. The first kappa shape index (κ1) is 22.3. The van der Waals surface area contributed by atoms with Gasteiger partial charge in [-0.05, 0) is 31.9 Å². The third-order valence-electron chi connectivity index (χ3n) is 5.97. The molecule has 1 saturated heterocycles. The van der Waals surface area contributed by atoms with Crippen LogP contribution in [0, 0.1) is 11.7 Å². The first-order valence-electron chi connectivity index (χ1n) is 11.0. The zero-order valence-electron chi connectivity index (χ0n) is 18.2. The van der Waals surface area contributed by atoms with Gasteiger partial charge in [0.25, 0.3) is 0 Å². The number of nitrogens with zero attached hydrogens (tertiary/aromatic N) is 2. The molecule has 0 radical (unpaired) electrons. The van der Waals surface area contributed by atoms with Crippen molar-refractivity contribution < 1.29 is 28.2 Å². The van der Waals surface area contributed by atoms with Gasteiger partial charge in [-0.1, -0.05) is 6.58 Å². The topological polar surface area (TPSA) is 88.2 Å². The molecule has 0 bridgehead atoms. The largest absolute Gasteiger partial charge is 0.461 e. The van der Waals surface area contributed by atoms with E-state index in [2.05, 4.69) is 11.9 Å². The summed E-state index contributed by atoms with van der Waals surface area (Å²) in [5.41, 5.74) is 1.64. The standard InChI is InChI=1S/C23H28FN3O5/c1-14(2)22(29)31-9-10-32-23(30)17-13-27(15-3-4-15)19-12-20(26-7-5-25-6-8-26)18(24)11-16(19)21(17)28/h11-12,15,17,25H,1,3-10,13H2,2H3. The van der Waals surface area contributed by atoms with Crippen molar-refractivity contribution in [1.82, 2.24) is 5.32 Å². The number of ketones is 1. The number of fused-ring (bicyclic) bond motifs is 1. The maximum Gasteiger partial charge on any atom is 0.333 e. The number of ether oxygens (including phenoxy) is 2. The average molecular weight is 445 g/mol. The van der Waals surface area contributed by atoms with E-state index in [4.69, 9.17) is 9.47 Å². The van der Waals surface area contributed by atoms with Gasteiger partial charge in [-0.25, -0.2) is 9.18 Å². The molecule has 0 amide bonds. The number of benzene rings is 1. The van der Waals surface area contributed by atoms with Crippen LogP contribution in [0.2, 0.25) is 0 Å². The fraction of sp³-hybridized carbons (Fsp3) is 0.522. The molecule has 1 saturated carbocycles. The van der Waals surface area contributed by atoms with Crippen LogP contribution in [0.3, 0.4) is 0 Å². The van der Waals surface area contributed by atoms with E-state index >= 15 is 0 Å². The third-order valence-corrected chi connectivity index (χ3v) is 5.97. The van der Waals surface area contributed by atoms with Crippen molar-refractivity contribution in [3.05, 3.63) is 35.7 Å². The van der Waals surface area contributed by atoms with E-state index < -0.39 is 29.5 Å². The van der Waals surface area contributed by atoms with E-state index in [1.165, 1.54) is 13.0 Å². The van der Waals surface area contributed by atoms with Crippen LogP contribution in [-0.4, -0.2) is 69.7 Å². The Morgan fingerprint density at radius 2 is 1.84 bits per heavy atom. The van der Waals surface area contributed by atoms with Crippen molar-refractivity contribution in [3.63, 3.8) is 0 Å². The Morgan fingerprint density at radius 3 is 2.50 bits per heavy atom. The second kappa shape index (κ2) is 9.28. The quantitative estimate of drug-likeness (QED) is 0.294. The first-order chi connectivity index (χ1) is 15.4. The summed E-state index contributed by atoms with van der Waals surface area (Å²) in [5, 5.41) is 3.25. The molecule has 3 aliphatic rings. The molecule has 0 spiro atoms. The Kier molecular flexibility index (Phi) is 6.45. The van der Waals surface area contributed by atoms with Crippen LogP contribution < -0.4 is 15.1 Å². The molecule has 2 aliphatic heterocycles. The van der Waals surface area contributed by atoms with Gasteiger partial charge in [0.05, 0.1) is 11.4 Å². The number of carbonyl (C=O) groups excluding carboxylic acids is 3. The van der Waals surface area contributed by atoms with E-state index in [1.807, 2.05) is 9.80 Å². The lowest BCUT2D eigenvalue weighted by Gasteiger charge is -2.36. The van der Waals surface area contributed by atoms with Crippen LogP contribution in [0.15, 0.2) is 24.3 Å². The van der Waals surface area contributed by atoms with Crippen molar-refractivity contribution in [2.75, 3.05) is 55.7 Å². The Morgan fingerprint density at radius 1 is 1.16 bits per heavy atom. The number of anilines is 2. The number of carbonyl (C=O) groups is 3. The number of esters is 2. The summed E-state index contributed by atoms with van der Waals surface area (Å²) in [5.74, 6) is -3.20. The number of nitrogens with one attached hydrogen (secondary N) is 1. The molecular weight excluding hydrogens is 417 g/mol. The number of hydrogen-bond donors (Lipinski definition) is 1. The van der Waals surface area contributed by atoms with Crippen molar-refractivity contribution in [1.29, 1.82) is 0 Å². The molecule has 1 N–H and O–H groups in total. The molecule has 2 fully saturated rings. The average Bonchev–Trinajstić information content (AvgIpc) is 3.62. The van der Waals surface area contributed by atoms with E-state index in [1.54, 1.807) is 6.07 Å². The Hall–Kier alpha value is -2.94.